The van der Waals surface area contributed by atoms with Crippen LogP contribution in [0, 0.1) is 17.1 Å². The van der Waals surface area contributed by atoms with Crippen molar-refractivity contribution in [3.05, 3.63) is 71.2 Å². The third-order valence-electron chi connectivity index (χ3n) is 6.54. The number of hydrogen-bond donors (Lipinski definition) is 1. The van der Waals surface area contributed by atoms with Crippen molar-refractivity contribution in [1.82, 2.24) is 20.2 Å². The third kappa shape index (κ3) is 5.95. The van der Waals surface area contributed by atoms with Gasteiger partial charge in [-0.3, -0.25) is 4.79 Å². The lowest BCUT2D eigenvalue weighted by Gasteiger charge is -2.33. The van der Waals surface area contributed by atoms with E-state index in [1.165, 1.54) is 29.8 Å². The molecule has 10 heteroatoms. The normalized spacial score (nSPS) is 15.5. The summed E-state index contributed by atoms with van der Waals surface area (Å²) in [6, 6.07) is 13.6. The Morgan fingerprint density at radius 2 is 1.98 bits per heavy atom. The van der Waals surface area contributed by atoms with Crippen LogP contribution in [-0.4, -0.2) is 51.6 Å². The molecule has 2 amide bonds. The Labute approximate surface area is 235 Å². The highest BCUT2D eigenvalue weighted by Gasteiger charge is 2.29. The zero-order chi connectivity index (χ0) is 28.4. The largest absolute Gasteiger partial charge is 0.444 e. The van der Waals surface area contributed by atoms with Crippen molar-refractivity contribution >= 4 is 34.2 Å². The van der Waals surface area contributed by atoms with E-state index in [2.05, 4.69) is 15.3 Å². The number of carbonyl (C=O) groups is 2. The molecule has 2 aromatic carbocycles. The van der Waals surface area contributed by atoms with Crippen molar-refractivity contribution in [2.45, 2.75) is 45.3 Å². The lowest BCUT2D eigenvalue weighted by atomic mass is 10.00. The van der Waals surface area contributed by atoms with Gasteiger partial charge in [-0.2, -0.15) is 5.26 Å². The van der Waals surface area contributed by atoms with Gasteiger partial charge in [0.25, 0.3) is 5.91 Å². The van der Waals surface area contributed by atoms with Crippen LogP contribution in [0.3, 0.4) is 0 Å². The summed E-state index contributed by atoms with van der Waals surface area (Å²) in [5.41, 5.74) is 2.22. The number of benzene rings is 2. The van der Waals surface area contributed by atoms with Gasteiger partial charge in [-0.1, -0.05) is 12.1 Å². The SMILES string of the molecule is CC(C)(C)OC(=O)N[C@@H]1CCCN(C(=O)c2cc(-c3ccc(C#N)c(F)c3)c(-c3ccc4ncncc4c3)s2)C1. The molecule has 0 radical (unpaired) electrons. The van der Waals surface area contributed by atoms with Gasteiger partial charge in [-0.15, -0.1) is 11.3 Å². The Hall–Kier alpha value is -4.36. The molecular weight excluding hydrogens is 529 g/mol. The Balaban J connectivity index is 1.48. The molecule has 1 fully saturated rings. The number of fused-ring (bicyclic) bond motifs is 1. The first-order valence-corrected chi connectivity index (χ1v) is 13.8. The molecule has 1 aliphatic heterocycles. The topological polar surface area (TPSA) is 108 Å². The monoisotopic (exact) mass is 557 g/mol. The highest BCUT2D eigenvalue weighted by molar-refractivity contribution is 7.18. The Morgan fingerprint density at radius 3 is 2.73 bits per heavy atom. The molecule has 5 rings (SSSR count). The Bertz CT molecular complexity index is 1640. The van der Waals surface area contributed by atoms with Gasteiger partial charge < -0.3 is 15.0 Å². The third-order valence-corrected chi connectivity index (χ3v) is 7.71. The van der Waals surface area contributed by atoms with Crippen LogP contribution >= 0.6 is 11.3 Å². The zero-order valence-electron chi connectivity index (χ0n) is 22.4. The van der Waals surface area contributed by atoms with E-state index < -0.39 is 17.5 Å². The number of thiophene rings is 1. The first kappa shape index (κ1) is 27.2. The van der Waals surface area contributed by atoms with Gasteiger partial charge in [0.2, 0.25) is 0 Å². The average Bonchev–Trinajstić information content (AvgIpc) is 3.37. The fourth-order valence-electron chi connectivity index (χ4n) is 4.73. The van der Waals surface area contributed by atoms with Crippen molar-refractivity contribution < 1.29 is 18.7 Å². The van der Waals surface area contributed by atoms with Crippen molar-refractivity contribution in [3.8, 4) is 27.6 Å². The first-order valence-electron chi connectivity index (χ1n) is 12.9. The summed E-state index contributed by atoms with van der Waals surface area (Å²) in [5.74, 6) is -0.782. The summed E-state index contributed by atoms with van der Waals surface area (Å²) in [5, 5.41) is 12.9. The van der Waals surface area contributed by atoms with Crippen LogP contribution in [0.25, 0.3) is 32.5 Å². The van der Waals surface area contributed by atoms with Gasteiger partial charge in [0.15, 0.2) is 0 Å². The number of hydrogen-bond acceptors (Lipinski definition) is 7. The van der Waals surface area contributed by atoms with E-state index >= 15 is 0 Å². The lowest BCUT2D eigenvalue weighted by molar-refractivity contribution is 0.0453. The van der Waals surface area contributed by atoms with E-state index in [-0.39, 0.29) is 17.5 Å². The molecule has 3 heterocycles. The van der Waals surface area contributed by atoms with Crippen LogP contribution in [0.2, 0.25) is 0 Å². The molecule has 204 valence electrons. The van der Waals surface area contributed by atoms with Crippen molar-refractivity contribution in [2.24, 2.45) is 0 Å². The highest BCUT2D eigenvalue weighted by atomic mass is 32.1. The van der Waals surface area contributed by atoms with Crippen LogP contribution in [0.4, 0.5) is 9.18 Å². The molecule has 0 saturated carbocycles. The van der Waals surface area contributed by atoms with Gasteiger partial charge in [0, 0.05) is 41.2 Å². The summed E-state index contributed by atoms with van der Waals surface area (Å²) in [6.45, 7) is 6.33. The fourth-order valence-corrected chi connectivity index (χ4v) is 5.88. The van der Waals surface area contributed by atoms with E-state index in [0.29, 0.717) is 29.1 Å². The molecule has 0 bridgehead atoms. The van der Waals surface area contributed by atoms with Crippen molar-refractivity contribution in [2.75, 3.05) is 13.1 Å². The summed E-state index contributed by atoms with van der Waals surface area (Å²) < 4.78 is 20.0. The number of alkyl carbamates (subject to hydrolysis) is 1. The Morgan fingerprint density at radius 1 is 1.18 bits per heavy atom. The predicted molar refractivity (Wildman–Crippen MR) is 151 cm³/mol. The molecule has 2 aromatic heterocycles. The maximum absolute atomic E-state index is 14.6. The highest BCUT2D eigenvalue weighted by Crippen LogP contribution is 2.41. The Kier molecular flexibility index (Phi) is 7.50. The number of likely N-dealkylation sites (tertiary alicyclic amines) is 1. The molecule has 1 saturated heterocycles. The van der Waals surface area contributed by atoms with E-state index in [1.54, 1.807) is 44.0 Å². The number of amides is 2. The molecule has 1 aliphatic rings. The number of nitrogens with one attached hydrogen (secondary N) is 1. The number of rotatable bonds is 4. The minimum absolute atomic E-state index is 0.0449. The van der Waals surface area contributed by atoms with Crippen molar-refractivity contribution in [3.63, 3.8) is 0 Å². The minimum Gasteiger partial charge on any atom is -0.444 e. The summed E-state index contributed by atoms with van der Waals surface area (Å²) in [6.07, 6.45) is 4.18. The molecule has 1 atom stereocenters. The average molecular weight is 558 g/mol. The number of ether oxygens (including phenoxy) is 1. The fraction of sp³-hybridized carbons (Fsp3) is 0.300. The maximum atomic E-state index is 14.6. The molecule has 0 aliphatic carbocycles. The van der Waals surface area contributed by atoms with Crippen LogP contribution in [0.5, 0.6) is 0 Å². The maximum Gasteiger partial charge on any atom is 0.407 e. The van der Waals surface area contributed by atoms with E-state index in [1.807, 2.05) is 24.3 Å². The zero-order valence-corrected chi connectivity index (χ0v) is 23.2. The second-order valence-corrected chi connectivity index (χ2v) is 11.7. The number of carbonyl (C=O) groups excluding carboxylic acids is 2. The summed E-state index contributed by atoms with van der Waals surface area (Å²) >= 11 is 1.33. The van der Waals surface area contributed by atoms with Gasteiger partial charge in [-0.05, 0) is 75.1 Å². The van der Waals surface area contributed by atoms with Gasteiger partial charge in [0.1, 0.15) is 23.8 Å². The van der Waals surface area contributed by atoms with E-state index in [0.717, 1.165) is 34.2 Å². The molecular formula is C30H28FN5O3S. The number of aromatic nitrogens is 2. The smallest absolute Gasteiger partial charge is 0.407 e. The minimum atomic E-state index is -0.621. The number of nitriles is 1. The molecule has 4 aromatic rings. The number of halogens is 1. The number of piperidine rings is 1. The molecule has 8 nitrogen and oxygen atoms in total. The quantitative estimate of drug-likeness (QED) is 0.322. The lowest BCUT2D eigenvalue weighted by Crippen LogP contribution is -2.50. The van der Waals surface area contributed by atoms with Crippen LogP contribution < -0.4 is 5.32 Å². The summed E-state index contributed by atoms with van der Waals surface area (Å²) in [4.78, 5) is 37.4. The standard InChI is InChI=1S/C30H28FN5O3S/c1-30(2,3)39-29(38)35-22-5-4-10-36(16-22)28(37)26-13-23(18-6-7-20(14-32)24(31)12-18)27(40-26)19-8-9-25-21(11-19)15-33-17-34-25/h6-9,11-13,15,17,22H,4-5,10,16H2,1-3H3,(H,35,38)/t22-/m1/s1. The first-order chi connectivity index (χ1) is 19.1. The van der Waals surface area contributed by atoms with Crippen LogP contribution in [-0.2, 0) is 4.74 Å². The second-order valence-electron chi connectivity index (χ2n) is 10.7. The molecule has 1 N–H and O–H groups in total. The van der Waals surface area contributed by atoms with E-state index in [4.69, 9.17) is 4.74 Å². The summed E-state index contributed by atoms with van der Waals surface area (Å²) in [7, 11) is 0. The van der Waals surface area contributed by atoms with E-state index in [9.17, 15) is 19.2 Å². The van der Waals surface area contributed by atoms with Gasteiger partial charge in [0.05, 0.1) is 16.0 Å². The predicted octanol–water partition coefficient (Wildman–Crippen LogP) is 6.17. The van der Waals surface area contributed by atoms with Crippen molar-refractivity contribution in [1.29, 1.82) is 5.26 Å². The molecule has 0 spiro atoms. The van der Waals surface area contributed by atoms with Crippen LogP contribution in [0.15, 0.2) is 55.0 Å². The van der Waals surface area contributed by atoms with Crippen LogP contribution in [0.1, 0.15) is 48.8 Å². The van der Waals surface area contributed by atoms with Gasteiger partial charge >= 0.3 is 6.09 Å². The molecule has 0 unspecified atom stereocenters. The second kappa shape index (κ2) is 11.0. The van der Waals surface area contributed by atoms with Gasteiger partial charge in [-0.25, -0.2) is 19.2 Å². The number of nitrogens with zero attached hydrogens (tertiary/aromatic N) is 4. The molecule has 40 heavy (non-hydrogen) atoms.